The number of amides is 3. The molecule has 0 bridgehead atoms. The van der Waals surface area contributed by atoms with Crippen molar-refractivity contribution >= 4 is 46.9 Å². The Morgan fingerprint density at radius 3 is 2.24 bits per heavy atom. The molecular weight excluding hydrogens is 553 g/mol. The Hall–Kier alpha value is -4.89. The van der Waals surface area contributed by atoms with Crippen LogP contribution in [0, 0.1) is 5.82 Å². The number of rotatable bonds is 11. The minimum atomic E-state index is -0.560. The number of anilines is 2. The molecule has 3 N–H and O–H groups in total. The average molecular weight is 584 g/mol. The van der Waals surface area contributed by atoms with Crippen LogP contribution < -0.4 is 20.7 Å². The zero-order valence-electron chi connectivity index (χ0n) is 23.1. The molecule has 0 radical (unpaired) electrons. The smallest absolute Gasteiger partial charge is 0.272 e. The molecule has 42 heavy (non-hydrogen) atoms. The van der Waals surface area contributed by atoms with Crippen molar-refractivity contribution < 1.29 is 23.5 Å². The van der Waals surface area contributed by atoms with Gasteiger partial charge in [0.1, 0.15) is 17.3 Å². The van der Waals surface area contributed by atoms with Gasteiger partial charge in [0, 0.05) is 21.8 Å². The van der Waals surface area contributed by atoms with E-state index in [1.165, 1.54) is 42.1 Å². The first kappa shape index (κ1) is 30.1. The van der Waals surface area contributed by atoms with E-state index in [2.05, 4.69) is 16.0 Å². The number of carbonyl (C=O) groups is 3. The van der Waals surface area contributed by atoms with Gasteiger partial charge in [0.2, 0.25) is 5.91 Å². The lowest BCUT2D eigenvalue weighted by atomic mass is 10.1. The van der Waals surface area contributed by atoms with Crippen LogP contribution in [0.2, 0.25) is 0 Å². The van der Waals surface area contributed by atoms with Crippen molar-refractivity contribution in [2.75, 3.05) is 17.7 Å². The van der Waals surface area contributed by atoms with Gasteiger partial charge in [-0.15, -0.1) is 11.8 Å². The second-order valence-corrected chi connectivity index (χ2v) is 10.4. The highest BCUT2D eigenvalue weighted by molar-refractivity contribution is 8.00. The Morgan fingerprint density at radius 1 is 0.857 bits per heavy atom. The summed E-state index contributed by atoms with van der Waals surface area (Å²) in [5.74, 6) is -0.880. The van der Waals surface area contributed by atoms with Crippen LogP contribution in [0.25, 0.3) is 6.08 Å². The molecule has 0 fully saturated rings. The van der Waals surface area contributed by atoms with Crippen LogP contribution in [0.15, 0.2) is 114 Å². The minimum Gasteiger partial charge on any atom is -0.497 e. The number of carbonyl (C=O) groups excluding carboxylic acids is 3. The number of ether oxygens (including phenoxy) is 1. The minimum absolute atomic E-state index is 0.0150. The number of benzene rings is 4. The van der Waals surface area contributed by atoms with Crippen molar-refractivity contribution in [1.29, 1.82) is 0 Å². The lowest BCUT2D eigenvalue weighted by Crippen LogP contribution is -2.30. The third kappa shape index (κ3) is 8.55. The summed E-state index contributed by atoms with van der Waals surface area (Å²) < 4.78 is 18.6. The normalized spacial score (nSPS) is 11.7. The maximum Gasteiger partial charge on any atom is 0.272 e. The second-order valence-electron chi connectivity index (χ2n) is 9.14. The van der Waals surface area contributed by atoms with E-state index in [-0.39, 0.29) is 16.9 Å². The van der Waals surface area contributed by atoms with Crippen LogP contribution in [-0.2, 0) is 9.59 Å². The molecule has 0 saturated carbocycles. The van der Waals surface area contributed by atoms with Crippen LogP contribution in [0.4, 0.5) is 15.8 Å². The number of thioether (sulfide) groups is 1. The molecule has 0 aliphatic carbocycles. The zero-order chi connectivity index (χ0) is 29.9. The van der Waals surface area contributed by atoms with Crippen LogP contribution >= 0.6 is 11.8 Å². The summed E-state index contributed by atoms with van der Waals surface area (Å²) in [6, 6.07) is 28.3. The molecule has 1 unspecified atom stereocenters. The topological polar surface area (TPSA) is 96.5 Å². The Bertz CT molecular complexity index is 1560. The van der Waals surface area contributed by atoms with Crippen LogP contribution in [-0.4, -0.2) is 30.1 Å². The van der Waals surface area contributed by atoms with Crippen molar-refractivity contribution in [1.82, 2.24) is 5.32 Å². The molecule has 214 valence electrons. The fourth-order valence-electron chi connectivity index (χ4n) is 3.90. The summed E-state index contributed by atoms with van der Waals surface area (Å²) in [6.07, 6.45) is 2.06. The first-order valence-electron chi connectivity index (χ1n) is 13.2. The fraction of sp³-hybridized carbons (Fsp3) is 0.121. The van der Waals surface area contributed by atoms with Crippen LogP contribution in [0.3, 0.4) is 0 Å². The molecule has 0 heterocycles. The van der Waals surface area contributed by atoms with Gasteiger partial charge in [0.15, 0.2) is 0 Å². The molecule has 0 aliphatic rings. The van der Waals surface area contributed by atoms with Gasteiger partial charge in [-0.1, -0.05) is 43.3 Å². The molecule has 4 aromatic rings. The number of hydrogen-bond acceptors (Lipinski definition) is 5. The molecule has 7 nitrogen and oxygen atoms in total. The second kappa shape index (κ2) is 14.7. The Balaban J connectivity index is 1.48. The van der Waals surface area contributed by atoms with Crippen molar-refractivity contribution in [3.63, 3.8) is 0 Å². The molecule has 9 heteroatoms. The average Bonchev–Trinajstić information content (AvgIpc) is 3.01. The predicted molar refractivity (Wildman–Crippen MR) is 165 cm³/mol. The molecule has 3 amide bonds. The summed E-state index contributed by atoms with van der Waals surface area (Å²) in [6.45, 7) is 1.93. The Labute approximate surface area is 248 Å². The molecule has 0 aromatic heterocycles. The van der Waals surface area contributed by atoms with Gasteiger partial charge in [-0.25, -0.2) is 4.39 Å². The zero-order valence-corrected chi connectivity index (χ0v) is 23.9. The van der Waals surface area contributed by atoms with Gasteiger partial charge >= 0.3 is 0 Å². The van der Waals surface area contributed by atoms with Gasteiger partial charge in [0.25, 0.3) is 11.8 Å². The standard InChI is InChI=1S/C33H30FN3O4S/c1-3-30(33(40)35-25-16-18-27(41-2)19-17-25)42-28-11-7-10-26(21-28)36-32(39)29(20-22-12-14-24(34)15-13-22)37-31(38)23-8-5-4-6-9-23/h4-21,30H,3H2,1-2H3,(H,35,40)(H,36,39)(H,37,38)/b29-20-. The van der Waals surface area contributed by atoms with Crippen molar-refractivity contribution in [2.24, 2.45) is 0 Å². The number of nitrogens with one attached hydrogen (secondary N) is 3. The van der Waals surface area contributed by atoms with Crippen LogP contribution in [0.5, 0.6) is 5.75 Å². The number of methoxy groups -OCH3 is 1. The van der Waals surface area contributed by atoms with E-state index in [4.69, 9.17) is 4.74 Å². The molecule has 4 aromatic carbocycles. The maximum atomic E-state index is 13.4. The maximum absolute atomic E-state index is 13.4. The summed E-state index contributed by atoms with van der Waals surface area (Å²) in [4.78, 5) is 39.9. The molecule has 0 spiro atoms. The van der Waals surface area contributed by atoms with E-state index >= 15 is 0 Å². The van der Waals surface area contributed by atoms with Gasteiger partial charge in [0.05, 0.1) is 12.4 Å². The molecule has 4 rings (SSSR count). The lowest BCUT2D eigenvalue weighted by molar-refractivity contribution is -0.116. The van der Waals surface area contributed by atoms with E-state index in [0.717, 1.165) is 4.90 Å². The van der Waals surface area contributed by atoms with E-state index in [0.29, 0.717) is 34.7 Å². The third-order valence-electron chi connectivity index (χ3n) is 6.10. The molecule has 0 aliphatic heterocycles. The van der Waals surface area contributed by atoms with Gasteiger partial charge in [-0.3, -0.25) is 14.4 Å². The first-order chi connectivity index (χ1) is 20.3. The monoisotopic (exact) mass is 583 g/mol. The number of halogens is 1. The first-order valence-corrected chi connectivity index (χ1v) is 14.1. The molecular formula is C33H30FN3O4S. The van der Waals surface area contributed by atoms with E-state index in [1.807, 2.05) is 13.0 Å². The van der Waals surface area contributed by atoms with Gasteiger partial charge < -0.3 is 20.7 Å². The summed E-state index contributed by atoms with van der Waals surface area (Å²) in [7, 11) is 1.58. The SMILES string of the molecule is CCC(Sc1cccc(NC(=O)/C(=C/c2ccc(F)cc2)NC(=O)c2ccccc2)c1)C(=O)Nc1ccc(OC)cc1. The van der Waals surface area contributed by atoms with E-state index in [9.17, 15) is 18.8 Å². The highest BCUT2D eigenvalue weighted by Gasteiger charge is 2.19. The Morgan fingerprint density at radius 2 is 1.57 bits per heavy atom. The largest absolute Gasteiger partial charge is 0.497 e. The van der Waals surface area contributed by atoms with E-state index in [1.54, 1.807) is 79.9 Å². The summed E-state index contributed by atoms with van der Waals surface area (Å²) >= 11 is 1.38. The van der Waals surface area contributed by atoms with Crippen molar-refractivity contribution in [3.8, 4) is 5.75 Å². The van der Waals surface area contributed by atoms with E-state index < -0.39 is 17.6 Å². The number of hydrogen-bond donors (Lipinski definition) is 3. The summed E-state index contributed by atoms with van der Waals surface area (Å²) in [5.41, 5.74) is 2.05. The molecule has 1 atom stereocenters. The predicted octanol–water partition coefficient (Wildman–Crippen LogP) is 6.75. The lowest BCUT2D eigenvalue weighted by Gasteiger charge is -2.16. The quantitative estimate of drug-likeness (QED) is 0.134. The summed E-state index contributed by atoms with van der Waals surface area (Å²) in [5, 5.41) is 8.04. The van der Waals surface area contributed by atoms with Gasteiger partial charge in [-0.2, -0.15) is 0 Å². The fourth-order valence-corrected chi connectivity index (χ4v) is 4.91. The third-order valence-corrected chi connectivity index (χ3v) is 7.46. The van der Waals surface area contributed by atoms with Crippen molar-refractivity contribution in [3.05, 3.63) is 126 Å². The van der Waals surface area contributed by atoms with Crippen LogP contribution in [0.1, 0.15) is 29.3 Å². The van der Waals surface area contributed by atoms with Gasteiger partial charge in [-0.05, 0) is 84.8 Å². The molecule has 0 saturated heterocycles. The van der Waals surface area contributed by atoms with Crippen molar-refractivity contribution in [2.45, 2.75) is 23.5 Å². The highest BCUT2D eigenvalue weighted by atomic mass is 32.2. The highest BCUT2D eigenvalue weighted by Crippen LogP contribution is 2.29. The Kier molecular flexibility index (Phi) is 10.5.